The van der Waals surface area contributed by atoms with Crippen molar-refractivity contribution in [3.05, 3.63) is 64.7 Å². The fraction of sp³-hybridized carbons (Fsp3) is 0.391. The zero-order valence-corrected chi connectivity index (χ0v) is 17.4. The minimum Gasteiger partial charge on any atom is -0.508 e. The number of benzene rings is 2. The van der Waals surface area contributed by atoms with Gasteiger partial charge in [-0.15, -0.1) is 0 Å². The summed E-state index contributed by atoms with van der Waals surface area (Å²) in [5.41, 5.74) is 1.71. The first-order valence-corrected chi connectivity index (χ1v) is 10.4. The lowest BCUT2D eigenvalue weighted by atomic mass is 9.90. The lowest BCUT2D eigenvalue weighted by Crippen LogP contribution is -2.49. The van der Waals surface area contributed by atoms with E-state index >= 15 is 0 Å². The Bertz CT molecular complexity index is 828. The number of likely N-dealkylation sites (tertiary alicyclic amines) is 1. The van der Waals surface area contributed by atoms with Crippen LogP contribution < -0.4 is 5.32 Å². The number of aromatic hydroxyl groups is 1. The standard InChI is InChI=1S/C23H27ClN2O3/c1-16(25-22(28)19-6-8-20(24)9-7-19)23(29)26-14-12-18(13-15-26)3-2-17-4-10-21(27)11-5-17/h4-11,16,18,27H,2-3,12-15H2,1H3,(H,25,28)/t16-/m1/s1. The molecule has 2 N–H and O–H groups in total. The molecule has 2 amide bonds. The highest BCUT2D eigenvalue weighted by atomic mass is 35.5. The number of hydrogen-bond acceptors (Lipinski definition) is 3. The summed E-state index contributed by atoms with van der Waals surface area (Å²) in [6.07, 6.45) is 4.01. The average Bonchev–Trinajstić information content (AvgIpc) is 2.73. The van der Waals surface area contributed by atoms with Crippen molar-refractivity contribution in [3.8, 4) is 5.75 Å². The van der Waals surface area contributed by atoms with Gasteiger partial charge < -0.3 is 15.3 Å². The quantitative estimate of drug-likeness (QED) is 0.749. The van der Waals surface area contributed by atoms with E-state index in [-0.39, 0.29) is 17.6 Å². The maximum absolute atomic E-state index is 12.7. The van der Waals surface area contributed by atoms with Crippen LogP contribution in [0.2, 0.25) is 5.02 Å². The van der Waals surface area contributed by atoms with E-state index in [0.29, 0.717) is 16.5 Å². The molecule has 1 aliphatic rings. The normalized spacial score (nSPS) is 15.7. The second-order valence-electron chi connectivity index (χ2n) is 7.68. The van der Waals surface area contributed by atoms with Gasteiger partial charge in [0.2, 0.25) is 5.91 Å². The van der Waals surface area contributed by atoms with Gasteiger partial charge in [-0.05, 0) is 80.5 Å². The number of carbonyl (C=O) groups is 2. The Hall–Kier alpha value is -2.53. The molecule has 1 saturated heterocycles. The minimum absolute atomic E-state index is 0.0377. The van der Waals surface area contributed by atoms with Gasteiger partial charge in [-0.25, -0.2) is 0 Å². The van der Waals surface area contributed by atoms with Crippen LogP contribution in [0.5, 0.6) is 5.75 Å². The molecule has 1 heterocycles. The van der Waals surface area contributed by atoms with Gasteiger partial charge in [0.1, 0.15) is 11.8 Å². The summed E-state index contributed by atoms with van der Waals surface area (Å²) in [4.78, 5) is 26.9. The smallest absolute Gasteiger partial charge is 0.251 e. The molecule has 1 atom stereocenters. The van der Waals surface area contributed by atoms with E-state index in [2.05, 4.69) is 5.32 Å². The summed E-state index contributed by atoms with van der Waals surface area (Å²) in [6, 6.07) is 13.4. The summed E-state index contributed by atoms with van der Waals surface area (Å²) in [5.74, 6) is 0.570. The molecule has 1 fully saturated rings. The molecule has 6 heteroatoms. The van der Waals surface area contributed by atoms with Crippen LogP contribution >= 0.6 is 11.6 Å². The van der Waals surface area contributed by atoms with Crippen molar-refractivity contribution >= 4 is 23.4 Å². The van der Waals surface area contributed by atoms with Gasteiger partial charge in [-0.2, -0.15) is 0 Å². The van der Waals surface area contributed by atoms with Crippen molar-refractivity contribution in [1.82, 2.24) is 10.2 Å². The third-order valence-electron chi connectivity index (χ3n) is 5.53. The molecule has 0 saturated carbocycles. The fourth-order valence-corrected chi connectivity index (χ4v) is 3.82. The predicted octanol–water partition coefficient (Wildman–Crippen LogP) is 4.04. The van der Waals surface area contributed by atoms with Gasteiger partial charge in [-0.1, -0.05) is 23.7 Å². The van der Waals surface area contributed by atoms with Gasteiger partial charge in [0.15, 0.2) is 0 Å². The second-order valence-corrected chi connectivity index (χ2v) is 8.11. The highest BCUT2D eigenvalue weighted by molar-refractivity contribution is 6.30. The summed E-state index contributed by atoms with van der Waals surface area (Å²) >= 11 is 5.85. The van der Waals surface area contributed by atoms with E-state index in [9.17, 15) is 14.7 Å². The van der Waals surface area contributed by atoms with Crippen molar-refractivity contribution in [2.45, 2.75) is 38.6 Å². The number of carbonyl (C=O) groups excluding carboxylic acids is 2. The van der Waals surface area contributed by atoms with Crippen LogP contribution in [-0.4, -0.2) is 41.0 Å². The number of nitrogens with one attached hydrogen (secondary N) is 1. The summed E-state index contributed by atoms with van der Waals surface area (Å²) < 4.78 is 0. The van der Waals surface area contributed by atoms with Crippen LogP contribution in [0.15, 0.2) is 48.5 Å². The SMILES string of the molecule is C[C@@H](NC(=O)c1ccc(Cl)cc1)C(=O)N1CCC(CCc2ccc(O)cc2)CC1. The van der Waals surface area contributed by atoms with Crippen molar-refractivity contribution in [2.24, 2.45) is 5.92 Å². The molecule has 154 valence electrons. The molecule has 2 aromatic carbocycles. The summed E-state index contributed by atoms with van der Waals surface area (Å²) in [7, 11) is 0. The molecule has 29 heavy (non-hydrogen) atoms. The van der Waals surface area contributed by atoms with Gasteiger partial charge in [0, 0.05) is 23.7 Å². The number of hydrogen-bond donors (Lipinski definition) is 2. The third kappa shape index (κ3) is 5.97. The Morgan fingerprint density at radius 2 is 1.72 bits per heavy atom. The first-order chi connectivity index (χ1) is 13.9. The second kappa shape index (κ2) is 9.79. The number of nitrogens with zero attached hydrogens (tertiary/aromatic N) is 1. The van der Waals surface area contributed by atoms with E-state index in [0.717, 1.165) is 38.8 Å². The van der Waals surface area contributed by atoms with Crippen LogP contribution in [0.1, 0.15) is 42.1 Å². The zero-order chi connectivity index (χ0) is 20.8. The van der Waals surface area contributed by atoms with E-state index in [1.54, 1.807) is 43.3 Å². The van der Waals surface area contributed by atoms with Gasteiger partial charge in [0.25, 0.3) is 5.91 Å². The lowest BCUT2D eigenvalue weighted by Gasteiger charge is -2.33. The number of aryl methyl sites for hydroxylation is 1. The number of rotatable bonds is 6. The monoisotopic (exact) mass is 414 g/mol. The fourth-order valence-electron chi connectivity index (χ4n) is 3.69. The third-order valence-corrected chi connectivity index (χ3v) is 5.78. The maximum atomic E-state index is 12.7. The molecule has 0 bridgehead atoms. The summed E-state index contributed by atoms with van der Waals surface area (Å²) in [6.45, 7) is 3.17. The molecule has 3 rings (SSSR count). The molecular formula is C23H27ClN2O3. The molecule has 0 radical (unpaired) electrons. The minimum atomic E-state index is -0.563. The lowest BCUT2D eigenvalue weighted by molar-refractivity contribution is -0.134. The molecule has 2 aromatic rings. The average molecular weight is 415 g/mol. The Morgan fingerprint density at radius 1 is 1.10 bits per heavy atom. The van der Waals surface area contributed by atoms with Gasteiger partial charge in [0.05, 0.1) is 0 Å². The Kier molecular flexibility index (Phi) is 7.15. The van der Waals surface area contributed by atoms with E-state index in [4.69, 9.17) is 11.6 Å². The van der Waals surface area contributed by atoms with Crippen LogP contribution in [0.4, 0.5) is 0 Å². The maximum Gasteiger partial charge on any atom is 0.251 e. The van der Waals surface area contributed by atoms with Gasteiger partial charge in [-0.3, -0.25) is 9.59 Å². The highest BCUT2D eigenvalue weighted by Crippen LogP contribution is 2.23. The van der Waals surface area contributed by atoms with Crippen molar-refractivity contribution in [1.29, 1.82) is 0 Å². The highest BCUT2D eigenvalue weighted by Gasteiger charge is 2.27. The molecule has 1 aliphatic heterocycles. The Labute approximate surface area is 176 Å². The Balaban J connectivity index is 1.43. The van der Waals surface area contributed by atoms with Gasteiger partial charge >= 0.3 is 0 Å². The number of piperidine rings is 1. The first-order valence-electron chi connectivity index (χ1n) is 10.1. The van der Waals surface area contributed by atoms with Crippen molar-refractivity contribution < 1.29 is 14.7 Å². The molecule has 0 aliphatic carbocycles. The van der Waals surface area contributed by atoms with E-state index in [1.807, 2.05) is 17.0 Å². The molecule has 0 spiro atoms. The molecular weight excluding hydrogens is 388 g/mol. The van der Waals surface area contributed by atoms with Crippen LogP contribution in [0.25, 0.3) is 0 Å². The van der Waals surface area contributed by atoms with Crippen molar-refractivity contribution in [3.63, 3.8) is 0 Å². The number of halogens is 1. The van der Waals surface area contributed by atoms with Crippen LogP contribution in [0, 0.1) is 5.92 Å². The first kappa shape index (κ1) is 21.2. The number of phenolic OH excluding ortho intramolecular Hbond substituents is 1. The zero-order valence-electron chi connectivity index (χ0n) is 16.6. The molecule has 0 unspecified atom stereocenters. The molecule has 0 aromatic heterocycles. The summed E-state index contributed by atoms with van der Waals surface area (Å²) in [5, 5.41) is 12.7. The predicted molar refractivity (Wildman–Crippen MR) is 114 cm³/mol. The van der Waals surface area contributed by atoms with Crippen LogP contribution in [0.3, 0.4) is 0 Å². The molecule has 5 nitrogen and oxygen atoms in total. The number of amides is 2. The largest absolute Gasteiger partial charge is 0.508 e. The topological polar surface area (TPSA) is 69.6 Å². The van der Waals surface area contributed by atoms with Crippen molar-refractivity contribution in [2.75, 3.05) is 13.1 Å². The van der Waals surface area contributed by atoms with Crippen LogP contribution in [-0.2, 0) is 11.2 Å². The van der Waals surface area contributed by atoms with E-state index < -0.39 is 6.04 Å². The Morgan fingerprint density at radius 3 is 2.34 bits per heavy atom. The van der Waals surface area contributed by atoms with E-state index in [1.165, 1.54) is 5.56 Å². The number of phenols is 1.